The maximum atomic E-state index is 13.1. The zero-order chi connectivity index (χ0) is 23.8. The fourth-order valence-corrected chi connectivity index (χ4v) is 3.48. The summed E-state index contributed by atoms with van der Waals surface area (Å²) in [6.07, 6.45) is -2.76. The highest BCUT2D eigenvalue weighted by atomic mass is 19.4. The third-order valence-corrected chi connectivity index (χ3v) is 5.20. The van der Waals surface area contributed by atoms with Crippen molar-refractivity contribution in [2.45, 2.75) is 19.5 Å². The molecule has 0 atom stereocenters. The highest BCUT2D eigenvalue weighted by molar-refractivity contribution is 6.00. The molecule has 170 valence electrons. The van der Waals surface area contributed by atoms with Crippen molar-refractivity contribution in [1.82, 2.24) is 15.3 Å². The minimum Gasteiger partial charge on any atom is -0.365 e. The number of alkyl halides is 3. The summed E-state index contributed by atoms with van der Waals surface area (Å²) in [5.41, 5.74) is 7.13. The van der Waals surface area contributed by atoms with E-state index in [2.05, 4.69) is 25.9 Å². The third-order valence-electron chi connectivity index (χ3n) is 5.20. The SMILES string of the molecule is Cc1ccc(C(F)(F)F)cc1Nc1ncc(C(N)=O)c(Nc2cccc3c2CCNC3=O)n1. The zero-order valence-electron chi connectivity index (χ0n) is 17.4. The minimum absolute atomic E-state index is 0.0146. The highest BCUT2D eigenvalue weighted by Gasteiger charge is 2.31. The van der Waals surface area contributed by atoms with E-state index in [4.69, 9.17) is 5.73 Å². The Hall–Kier alpha value is -4.15. The molecule has 1 aromatic heterocycles. The fraction of sp³-hybridized carbons (Fsp3) is 0.182. The van der Waals surface area contributed by atoms with Gasteiger partial charge in [-0.2, -0.15) is 18.2 Å². The number of rotatable bonds is 5. The van der Waals surface area contributed by atoms with Crippen LogP contribution in [0.5, 0.6) is 0 Å². The number of carbonyl (C=O) groups is 2. The number of hydrogen-bond acceptors (Lipinski definition) is 6. The number of aryl methyl sites for hydroxylation is 1. The molecular weight excluding hydrogens is 437 g/mol. The molecule has 0 saturated carbocycles. The van der Waals surface area contributed by atoms with E-state index < -0.39 is 17.6 Å². The van der Waals surface area contributed by atoms with Crippen molar-refractivity contribution in [1.29, 1.82) is 0 Å². The molecule has 4 rings (SSSR count). The van der Waals surface area contributed by atoms with Crippen LogP contribution < -0.4 is 21.7 Å². The Labute approximate surface area is 186 Å². The first kappa shape index (κ1) is 22.1. The van der Waals surface area contributed by atoms with Crippen molar-refractivity contribution in [3.63, 3.8) is 0 Å². The van der Waals surface area contributed by atoms with Gasteiger partial charge in [0.05, 0.1) is 5.56 Å². The molecule has 33 heavy (non-hydrogen) atoms. The second-order valence-corrected chi connectivity index (χ2v) is 7.44. The van der Waals surface area contributed by atoms with Gasteiger partial charge in [0.2, 0.25) is 5.95 Å². The lowest BCUT2D eigenvalue weighted by Gasteiger charge is -2.21. The van der Waals surface area contributed by atoms with Gasteiger partial charge >= 0.3 is 6.18 Å². The number of aromatic nitrogens is 2. The number of hydrogen-bond donors (Lipinski definition) is 4. The Bertz CT molecular complexity index is 1260. The molecule has 1 aliphatic rings. The Morgan fingerprint density at radius 3 is 2.67 bits per heavy atom. The first-order chi connectivity index (χ1) is 15.6. The summed E-state index contributed by atoms with van der Waals surface area (Å²) < 4.78 is 39.3. The molecule has 2 aromatic carbocycles. The molecule has 2 amide bonds. The van der Waals surface area contributed by atoms with Crippen LogP contribution >= 0.6 is 0 Å². The number of anilines is 4. The van der Waals surface area contributed by atoms with Gasteiger partial charge < -0.3 is 21.7 Å². The van der Waals surface area contributed by atoms with E-state index in [0.717, 1.165) is 17.7 Å². The summed E-state index contributed by atoms with van der Waals surface area (Å²) in [5, 5.41) is 8.55. The summed E-state index contributed by atoms with van der Waals surface area (Å²) in [4.78, 5) is 32.3. The summed E-state index contributed by atoms with van der Waals surface area (Å²) in [6.45, 7) is 2.10. The molecular formula is C22H19F3N6O2. The topological polar surface area (TPSA) is 122 Å². The van der Waals surface area contributed by atoms with E-state index in [0.29, 0.717) is 29.8 Å². The minimum atomic E-state index is -4.51. The summed E-state index contributed by atoms with van der Waals surface area (Å²) in [7, 11) is 0. The van der Waals surface area contributed by atoms with Gasteiger partial charge in [-0.1, -0.05) is 12.1 Å². The molecule has 0 fully saturated rings. The number of halogens is 3. The lowest BCUT2D eigenvalue weighted by atomic mass is 9.98. The van der Waals surface area contributed by atoms with Crippen LogP contribution in [0.15, 0.2) is 42.6 Å². The van der Waals surface area contributed by atoms with Crippen LogP contribution in [0, 0.1) is 6.92 Å². The first-order valence-electron chi connectivity index (χ1n) is 9.92. The quantitative estimate of drug-likeness (QED) is 0.465. The summed E-state index contributed by atoms with van der Waals surface area (Å²) in [6, 6.07) is 8.38. The van der Waals surface area contributed by atoms with Crippen LogP contribution in [-0.4, -0.2) is 28.3 Å². The molecule has 0 unspecified atom stereocenters. The van der Waals surface area contributed by atoms with Crippen molar-refractivity contribution in [2.75, 3.05) is 17.2 Å². The lowest BCUT2D eigenvalue weighted by molar-refractivity contribution is -0.137. The van der Waals surface area contributed by atoms with Crippen molar-refractivity contribution < 1.29 is 22.8 Å². The van der Waals surface area contributed by atoms with Gasteiger partial charge in [0.15, 0.2) is 0 Å². The van der Waals surface area contributed by atoms with Gasteiger partial charge in [0.1, 0.15) is 11.4 Å². The standard InChI is InChI=1S/C22H19F3N6O2/c1-11-5-6-12(22(23,24)25)9-17(11)30-21-28-10-15(18(26)32)19(31-21)29-16-4-2-3-14-13(16)7-8-27-20(14)33/h2-6,9-10H,7-8H2,1H3,(H2,26,32)(H,27,33)(H2,28,29,30,31). The summed E-state index contributed by atoms with van der Waals surface area (Å²) >= 11 is 0. The largest absolute Gasteiger partial charge is 0.416 e. The number of nitrogens with two attached hydrogens (primary N) is 1. The van der Waals surface area contributed by atoms with Crippen LogP contribution in [0.1, 0.15) is 37.4 Å². The smallest absolute Gasteiger partial charge is 0.365 e. The number of benzene rings is 2. The van der Waals surface area contributed by atoms with Gasteiger partial charge in [-0.3, -0.25) is 9.59 Å². The number of amides is 2. The zero-order valence-corrected chi connectivity index (χ0v) is 17.4. The van der Waals surface area contributed by atoms with Crippen LogP contribution in [0.4, 0.5) is 36.3 Å². The molecule has 0 spiro atoms. The van der Waals surface area contributed by atoms with Crippen molar-refractivity contribution >= 4 is 35.0 Å². The van der Waals surface area contributed by atoms with Crippen LogP contribution in [0.2, 0.25) is 0 Å². The lowest BCUT2D eigenvalue weighted by Crippen LogP contribution is -2.32. The maximum absolute atomic E-state index is 13.1. The first-order valence-corrected chi connectivity index (χ1v) is 9.92. The predicted octanol–water partition coefficient (Wildman–Crippen LogP) is 3.68. The third kappa shape index (κ3) is 4.56. The van der Waals surface area contributed by atoms with E-state index in [1.807, 2.05) is 0 Å². The Kier molecular flexibility index (Phi) is 5.62. The molecule has 1 aliphatic heterocycles. The van der Waals surface area contributed by atoms with Crippen LogP contribution in [0.25, 0.3) is 0 Å². The Morgan fingerprint density at radius 2 is 1.94 bits per heavy atom. The van der Waals surface area contributed by atoms with Crippen molar-refractivity contribution in [2.24, 2.45) is 5.73 Å². The number of carbonyl (C=O) groups excluding carboxylic acids is 2. The second kappa shape index (κ2) is 8.41. The number of nitrogens with zero attached hydrogens (tertiary/aromatic N) is 2. The van der Waals surface area contributed by atoms with E-state index in [9.17, 15) is 22.8 Å². The number of nitrogens with one attached hydrogen (secondary N) is 3. The van der Waals surface area contributed by atoms with E-state index in [1.54, 1.807) is 25.1 Å². The average Bonchev–Trinajstić information content (AvgIpc) is 2.75. The van der Waals surface area contributed by atoms with E-state index in [-0.39, 0.29) is 28.9 Å². The Morgan fingerprint density at radius 1 is 1.15 bits per heavy atom. The van der Waals surface area contributed by atoms with Gasteiger partial charge in [-0.05, 0) is 48.7 Å². The molecule has 0 radical (unpaired) electrons. The highest BCUT2D eigenvalue weighted by Crippen LogP contribution is 2.33. The Balaban J connectivity index is 1.71. The van der Waals surface area contributed by atoms with E-state index >= 15 is 0 Å². The molecule has 0 aliphatic carbocycles. The van der Waals surface area contributed by atoms with Crippen LogP contribution in [0.3, 0.4) is 0 Å². The normalized spacial score (nSPS) is 13.2. The molecule has 8 nitrogen and oxygen atoms in total. The monoisotopic (exact) mass is 456 g/mol. The number of primary amides is 1. The summed E-state index contributed by atoms with van der Waals surface area (Å²) in [5.74, 6) is -0.974. The maximum Gasteiger partial charge on any atom is 0.416 e. The molecule has 2 heterocycles. The molecule has 5 N–H and O–H groups in total. The molecule has 0 saturated heterocycles. The van der Waals surface area contributed by atoms with Gasteiger partial charge in [-0.25, -0.2) is 4.98 Å². The number of fused-ring (bicyclic) bond motifs is 1. The van der Waals surface area contributed by atoms with Crippen molar-refractivity contribution in [3.05, 3.63) is 70.4 Å². The fourth-order valence-electron chi connectivity index (χ4n) is 3.48. The van der Waals surface area contributed by atoms with Gasteiger partial charge in [0.25, 0.3) is 11.8 Å². The average molecular weight is 456 g/mol. The van der Waals surface area contributed by atoms with E-state index in [1.165, 1.54) is 12.3 Å². The molecule has 0 bridgehead atoms. The van der Waals surface area contributed by atoms with Crippen LogP contribution in [-0.2, 0) is 12.6 Å². The predicted molar refractivity (Wildman–Crippen MR) is 116 cm³/mol. The van der Waals surface area contributed by atoms with Crippen molar-refractivity contribution in [3.8, 4) is 0 Å². The second-order valence-electron chi connectivity index (χ2n) is 7.44. The van der Waals surface area contributed by atoms with Gasteiger partial charge in [-0.15, -0.1) is 0 Å². The molecule has 11 heteroatoms. The molecule has 3 aromatic rings. The van der Waals surface area contributed by atoms with Gasteiger partial charge in [0, 0.05) is 29.7 Å².